The van der Waals surface area contributed by atoms with E-state index in [-0.39, 0.29) is 11.9 Å². The molecular formula is C17H26N2O. The van der Waals surface area contributed by atoms with Crippen LogP contribution in [0.15, 0.2) is 18.2 Å². The second-order valence-electron chi connectivity index (χ2n) is 6.32. The van der Waals surface area contributed by atoms with Crippen LogP contribution in [0.5, 0.6) is 0 Å². The van der Waals surface area contributed by atoms with Crippen molar-refractivity contribution in [1.29, 1.82) is 0 Å². The smallest absolute Gasteiger partial charge is 0.236 e. The first-order valence-electron chi connectivity index (χ1n) is 7.60. The lowest BCUT2D eigenvalue weighted by Gasteiger charge is -2.20. The van der Waals surface area contributed by atoms with E-state index < -0.39 is 0 Å². The number of amides is 1. The molecule has 0 saturated carbocycles. The number of rotatable bonds is 5. The molecule has 0 bridgehead atoms. The lowest BCUT2D eigenvalue weighted by atomic mass is 10.0. The van der Waals surface area contributed by atoms with E-state index in [1.165, 1.54) is 16.7 Å². The summed E-state index contributed by atoms with van der Waals surface area (Å²) < 4.78 is 0. The maximum Gasteiger partial charge on any atom is 0.236 e. The van der Waals surface area contributed by atoms with Crippen LogP contribution in [-0.2, 0) is 11.2 Å². The molecular weight excluding hydrogens is 248 g/mol. The summed E-state index contributed by atoms with van der Waals surface area (Å²) in [5.41, 5.74) is 4.07. The van der Waals surface area contributed by atoms with Crippen LogP contribution in [0.3, 0.4) is 0 Å². The summed E-state index contributed by atoms with van der Waals surface area (Å²) in [6.07, 6.45) is 2.19. The molecule has 0 heterocycles. The summed E-state index contributed by atoms with van der Waals surface area (Å²) in [6, 6.07) is 6.80. The number of hydrogen-bond donors (Lipinski definition) is 2. The van der Waals surface area contributed by atoms with Crippen molar-refractivity contribution in [1.82, 2.24) is 10.6 Å². The third-order valence-electron chi connectivity index (χ3n) is 3.91. The molecule has 1 aromatic rings. The number of fused-ring (bicyclic) bond motifs is 1. The van der Waals surface area contributed by atoms with E-state index >= 15 is 0 Å². The maximum atomic E-state index is 12.0. The fourth-order valence-corrected chi connectivity index (χ4v) is 2.73. The lowest BCUT2D eigenvalue weighted by Crippen LogP contribution is -2.44. The summed E-state index contributed by atoms with van der Waals surface area (Å²) in [7, 11) is 0. The Labute approximate surface area is 122 Å². The summed E-state index contributed by atoms with van der Waals surface area (Å²) in [5.74, 6) is 0.584. The van der Waals surface area contributed by atoms with Gasteiger partial charge in [-0.15, -0.1) is 0 Å². The molecule has 1 aliphatic rings. The topological polar surface area (TPSA) is 41.1 Å². The zero-order chi connectivity index (χ0) is 14.7. The number of hydrogen-bond acceptors (Lipinski definition) is 2. The minimum absolute atomic E-state index is 0.0970. The first-order chi connectivity index (χ1) is 9.47. The zero-order valence-corrected chi connectivity index (χ0v) is 13.0. The molecule has 20 heavy (non-hydrogen) atoms. The van der Waals surface area contributed by atoms with Crippen molar-refractivity contribution < 1.29 is 4.79 Å². The van der Waals surface area contributed by atoms with Crippen LogP contribution in [0.2, 0.25) is 0 Å². The van der Waals surface area contributed by atoms with Gasteiger partial charge in [0, 0.05) is 12.6 Å². The second-order valence-corrected chi connectivity index (χ2v) is 6.32. The van der Waals surface area contributed by atoms with Crippen molar-refractivity contribution in [2.75, 3.05) is 6.54 Å². The highest BCUT2D eigenvalue weighted by Gasteiger charge is 2.25. The predicted octanol–water partition coefficient (Wildman–Crippen LogP) is 2.73. The Kier molecular flexibility index (Phi) is 4.81. The Morgan fingerprint density at radius 3 is 2.80 bits per heavy atom. The largest absolute Gasteiger partial charge is 0.354 e. The van der Waals surface area contributed by atoms with E-state index in [2.05, 4.69) is 49.6 Å². The van der Waals surface area contributed by atoms with Crippen LogP contribution in [0.25, 0.3) is 0 Å². The molecule has 1 amide bonds. The van der Waals surface area contributed by atoms with E-state index in [0.717, 1.165) is 19.4 Å². The molecule has 2 N–H and O–H groups in total. The van der Waals surface area contributed by atoms with E-state index in [4.69, 9.17) is 0 Å². The van der Waals surface area contributed by atoms with Crippen LogP contribution in [0.4, 0.5) is 0 Å². The van der Waals surface area contributed by atoms with Crippen LogP contribution >= 0.6 is 0 Å². The maximum absolute atomic E-state index is 12.0. The summed E-state index contributed by atoms with van der Waals surface area (Å²) in [6.45, 7) is 9.02. The zero-order valence-electron chi connectivity index (χ0n) is 13.0. The van der Waals surface area contributed by atoms with Gasteiger partial charge < -0.3 is 5.32 Å². The van der Waals surface area contributed by atoms with Gasteiger partial charge in [0.15, 0.2) is 0 Å². The highest BCUT2D eigenvalue weighted by atomic mass is 16.2. The van der Waals surface area contributed by atoms with Crippen LogP contribution in [0, 0.1) is 12.8 Å². The number of nitrogens with one attached hydrogen (secondary N) is 2. The number of aryl methyl sites for hydroxylation is 2. The van der Waals surface area contributed by atoms with Gasteiger partial charge in [-0.2, -0.15) is 0 Å². The van der Waals surface area contributed by atoms with Crippen molar-refractivity contribution in [3.05, 3.63) is 34.9 Å². The number of carbonyl (C=O) groups is 1. The van der Waals surface area contributed by atoms with Gasteiger partial charge in [-0.3, -0.25) is 10.1 Å². The highest BCUT2D eigenvalue weighted by Crippen LogP contribution is 2.32. The number of benzene rings is 1. The van der Waals surface area contributed by atoms with Crippen molar-refractivity contribution in [3.8, 4) is 0 Å². The molecule has 1 aliphatic carbocycles. The molecule has 3 nitrogen and oxygen atoms in total. The summed E-state index contributed by atoms with van der Waals surface area (Å²) >= 11 is 0. The van der Waals surface area contributed by atoms with Crippen molar-refractivity contribution >= 4 is 5.91 Å². The molecule has 0 fully saturated rings. The summed E-state index contributed by atoms with van der Waals surface area (Å²) in [5, 5.41) is 6.46. The Hall–Kier alpha value is -1.35. The van der Waals surface area contributed by atoms with Gasteiger partial charge in [0.25, 0.3) is 0 Å². The molecule has 3 heteroatoms. The van der Waals surface area contributed by atoms with Crippen LogP contribution < -0.4 is 10.6 Å². The third kappa shape index (κ3) is 3.60. The molecule has 0 saturated heterocycles. The second kappa shape index (κ2) is 6.40. The highest BCUT2D eigenvalue weighted by molar-refractivity contribution is 5.81. The average Bonchev–Trinajstić information content (AvgIpc) is 2.78. The van der Waals surface area contributed by atoms with Gasteiger partial charge in [-0.05, 0) is 43.7 Å². The van der Waals surface area contributed by atoms with E-state index in [1.54, 1.807) is 0 Å². The van der Waals surface area contributed by atoms with Crippen LogP contribution in [-0.4, -0.2) is 18.5 Å². The molecule has 0 aliphatic heterocycles. The van der Waals surface area contributed by atoms with Crippen molar-refractivity contribution in [2.24, 2.45) is 5.92 Å². The summed E-state index contributed by atoms with van der Waals surface area (Å²) in [4.78, 5) is 12.0. The Morgan fingerprint density at radius 2 is 2.10 bits per heavy atom. The molecule has 2 rings (SSSR count). The lowest BCUT2D eigenvalue weighted by molar-refractivity contribution is -0.123. The van der Waals surface area contributed by atoms with Gasteiger partial charge in [-0.1, -0.05) is 37.6 Å². The molecule has 0 spiro atoms. The fourth-order valence-electron chi connectivity index (χ4n) is 2.73. The minimum Gasteiger partial charge on any atom is -0.354 e. The molecule has 110 valence electrons. The van der Waals surface area contributed by atoms with E-state index in [1.807, 2.05) is 6.92 Å². The van der Waals surface area contributed by atoms with Crippen molar-refractivity contribution in [2.45, 2.75) is 52.6 Å². The van der Waals surface area contributed by atoms with Gasteiger partial charge in [0.1, 0.15) is 0 Å². The van der Waals surface area contributed by atoms with Crippen molar-refractivity contribution in [3.63, 3.8) is 0 Å². The minimum atomic E-state index is -0.148. The Balaban J connectivity index is 1.95. The van der Waals surface area contributed by atoms with E-state index in [0.29, 0.717) is 12.0 Å². The van der Waals surface area contributed by atoms with E-state index in [9.17, 15) is 4.79 Å². The number of carbonyl (C=O) groups excluding carboxylic acids is 1. The van der Waals surface area contributed by atoms with Gasteiger partial charge in [-0.25, -0.2) is 0 Å². The SMILES string of the molecule is Cc1ccc2c(c1)C(NC(C)C(=O)NCC(C)C)CC2. The Bertz CT molecular complexity index is 482. The normalized spacial score (nSPS) is 18.9. The molecule has 1 aromatic carbocycles. The first-order valence-corrected chi connectivity index (χ1v) is 7.60. The average molecular weight is 274 g/mol. The molecule has 0 radical (unpaired) electrons. The third-order valence-corrected chi connectivity index (χ3v) is 3.91. The first kappa shape index (κ1) is 15.0. The molecule has 0 aromatic heterocycles. The van der Waals surface area contributed by atoms with Gasteiger partial charge >= 0.3 is 0 Å². The standard InChI is InChI=1S/C17H26N2O/c1-11(2)10-18-17(20)13(4)19-16-8-7-14-6-5-12(3)9-15(14)16/h5-6,9,11,13,16,19H,7-8,10H2,1-4H3,(H,18,20). The van der Waals surface area contributed by atoms with Gasteiger partial charge in [0.05, 0.1) is 6.04 Å². The molecule has 2 atom stereocenters. The van der Waals surface area contributed by atoms with Crippen LogP contribution in [0.1, 0.15) is 49.9 Å². The Morgan fingerprint density at radius 1 is 1.35 bits per heavy atom. The monoisotopic (exact) mass is 274 g/mol. The quantitative estimate of drug-likeness (QED) is 0.867. The predicted molar refractivity (Wildman–Crippen MR) is 82.7 cm³/mol. The fraction of sp³-hybridized carbons (Fsp3) is 0.588. The molecule has 2 unspecified atom stereocenters. The van der Waals surface area contributed by atoms with Gasteiger partial charge in [0.2, 0.25) is 5.91 Å².